The monoisotopic (exact) mass is 298 g/mol. The fraction of sp³-hybridized carbons (Fsp3) is 0.333. The Morgan fingerprint density at radius 2 is 2.14 bits per heavy atom. The fourth-order valence-corrected chi connectivity index (χ4v) is 2.06. The third-order valence-corrected chi connectivity index (χ3v) is 3.20. The third kappa shape index (κ3) is 3.49. The average molecular weight is 298 g/mol. The van der Waals surface area contributed by atoms with Crippen LogP contribution in [0.3, 0.4) is 0 Å². The van der Waals surface area contributed by atoms with E-state index in [9.17, 15) is 0 Å². The molecule has 0 aliphatic rings. The minimum absolute atomic E-state index is 0.255. The number of hydrogen-bond acceptors (Lipinski definition) is 6. The zero-order valence-corrected chi connectivity index (χ0v) is 12.6. The third-order valence-electron chi connectivity index (χ3n) is 3.20. The fourth-order valence-electron chi connectivity index (χ4n) is 2.06. The molecular formula is C15H18N6O. The van der Waals surface area contributed by atoms with Crippen LogP contribution in [0.1, 0.15) is 36.7 Å². The second-order valence-electron chi connectivity index (χ2n) is 5.38. The van der Waals surface area contributed by atoms with E-state index < -0.39 is 0 Å². The van der Waals surface area contributed by atoms with Crippen molar-refractivity contribution in [2.45, 2.75) is 32.9 Å². The molecule has 0 atom stereocenters. The molecule has 22 heavy (non-hydrogen) atoms. The molecule has 0 fully saturated rings. The van der Waals surface area contributed by atoms with Crippen molar-refractivity contribution in [3.05, 3.63) is 53.9 Å². The SMILES string of the molecule is CC(C)c1noc(NCc2cccc(Cn3cncn3)c2)n1. The van der Waals surface area contributed by atoms with E-state index in [4.69, 9.17) is 4.52 Å². The maximum Gasteiger partial charge on any atom is 0.321 e. The van der Waals surface area contributed by atoms with E-state index in [1.807, 2.05) is 19.9 Å². The van der Waals surface area contributed by atoms with E-state index in [-0.39, 0.29) is 5.92 Å². The van der Waals surface area contributed by atoms with Gasteiger partial charge in [0.2, 0.25) is 0 Å². The minimum Gasteiger partial charge on any atom is -0.334 e. The number of hydrogen-bond donors (Lipinski definition) is 1. The lowest BCUT2D eigenvalue weighted by Crippen LogP contribution is -2.03. The van der Waals surface area contributed by atoms with Crippen LogP contribution in [0.4, 0.5) is 6.01 Å². The highest BCUT2D eigenvalue weighted by atomic mass is 16.5. The molecule has 0 unspecified atom stereocenters. The summed E-state index contributed by atoms with van der Waals surface area (Å²) in [7, 11) is 0. The van der Waals surface area contributed by atoms with Crippen LogP contribution in [0.5, 0.6) is 0 Å². The zero-order valence-electron chi connectivity index (χ0n) is 12.6. The van der Waals surface area contributed by atoms with Crippen molar-refractivity contribution in [1.82, 2.24) is 24.9 Å². The van der Waals surface area contributed by atoms with Crippen LogP contribution in [0, 0.1) is 0 Å². The van der Waals surface area contributed by atoms with E-state index in [0.717, 1.165) is 11.1 Å². The van der Waals surface area contributed by atoms with Crippen molar-refractivity contribution in [2.75, 3.05) is 5.32 Å². The molecule has 114 valence electrons. The molecule has 0 aliphatic carbocycles. The summed E-state index contributed by atoms with van der Waals surface area (Å²) in [5.74, 6) is 0.966. The zero-order chi connectivity index (χ0) is 15.4. The predicted octanol–water partition coefficient (Wildman–Crippen LogP) is 2.44. The summed E-state index contributed by atoms with van der Waals surface area (Å²) < 4.78 is 6.96. The molecule has 7 nitrogen and oxygen atoms in total. The summed E-state index contributed by atoms with van der Waals surface area (Å²) in [6, 6.07) is 8.71. The molecule has 0 amide bonds. The number of nitrogens with zero attached hydrogens (tertiary/aromatic N) is 5. The van der Waals surface area contributed by atoms with E-state index in [1.165, 1.54) is 6.33 Å². The van der Waals surface area contributed by atoms with Gasteiger partial charge in [-0.05, 0) is 11.1 Å². The molecule has 0 spiro atoms. The Bertz CT molecular complexity index is 719. The Morgan fingerprint density at radius 3 is 2.86 bits per heavy atom. The van der Waals surface area contributed by atoms with Gasteiger partial charge in [0.25, 0.3) is 0 Å². The second-order valence-corrected chi connectivity index (χ2v) is 5.38. The highest BCUT2D eigenvalue weighted by molar-refractivity contribution is 5.28. The van der Waals surface area contributed by atoms with Crippen LogP contribution in [-0.2, 0) is 13.1 Å². The highest BCUT2D eigenvalue weighted by Crippen LogP contribution is 2.14. The van der Waals surface area contributed by atoms with Gasteiger partial charge in [0.1, 0.15) is 12.7 Å². The lowest BCUT2D eigenvalue weighted by atomic mass is 10.1. The molecule has 3 aromatic rings. The Morgan fingerprint density at radius 1 is 1.27 bits per heavy atom. The first-order chi connectivity index (χ1) is 10.7. The Balaban J connectivity index is 1.62. The maximum atomic E-state index is 5.17. The average Bonchev–Trinajstić information content (AvgIpc) is 3.17. The van der Waals surface area contributed by atoms with Crippen LogP contribution in [0.25, 0.3) is 0 Å². The van der Waals surface area contributed by atoms with Gasteiger partial charge in [0.15, 0.2) is 5.82 Å². The number of rotatable bonds is 6. The van der Waals surface area contributed by atoms with E-state index in [2.05, 4.69) is 43.7 Å². The first-order valence-electron chi connectivity index (χ1n) is 7.18. The van der Waals surface area contributed by atoms with Crippen molar-refractivity contribution in [3.8, 4) is 0 Å². The van der Waals surface area contributed by atoms with Gasteiger partial charge in [-0.3, -0.25) is 0 Å². The van der Waals surface area contributed by atoms with Gasteiger partial charge in [0, 0.05) is 12.5 Å². The van der Waals surface area contributed by atoms with Crippen LogP contribution in [-0.4, -0.2) is 24.9 Å². The molecule has 0 saturated carbocycles. The van der Waals surface area contributed by atoms with E-state index >= 15 is 0 Å². The predicted molar refractivity (Wildman–Crippen MR) is 81.3 cm³/mol. The second kappa shape index (κ2) is 6.38. The molecule has 0 saturated heterocycles. The molecular weight excluding hydrogens is 280 g/mol. The quantitative estimate of drug-likeness (QED) is 0.752. The summed E-state index contributed by atoms with van der Waals surface area (Å²) in [6.45, 7) is 5.39. The van der Waals surface area contributed by atoms with Crippen molar-refractivity contribution in [1.29, 1.82) is 0 Å². The molecule has 0 aliphatic heterocycles. The van der Waals surface area contributed by atoms with Crippen molar-refractivity contribution >= 4 is 6.01 Å². The van der Waals surface area contributed by atoms with Gasteiger partial charge in [-0.15, -0.1) is 0 Å². The first kappa shape index (κ1) is 14.2. The van der Waals surface area contributed by atoms with Gasteiger partial charge in [-0.25, -0.2) is 9.67 Å². The molecule has 2 heterocycles. The number of benzene rings is 1. The van der Waals surface area contributed by atoms with Crippen LogP contribution >= 0.6 is 0 Å². The van der Waals surface area contributed by atoms with Crippen molar-refractivity contribution < 1.29 is 4.52 Å². The standard InChI is InChI=1S/C15H18N6O/c1-11(2)14-19-15(22-20-14)17-7-12-4-3-5-13(6-12)8-21-10-16-9-18-21/h3-6,9-11H,7-8H2,1-2H3,(H,17,19,20). The van der Waals surface area contributed by atoms with Crippen molar-refractivity contribution in [2.24, 2.45) is 0 Å². The Hall–Kier alpha value is -2.70. The van der Waals surface area contributed by atoms with Crippen LogP contribution < -0.4 is 5.32 Å². The highest BCUT2D eigenvalue weighted by Gasteiger charge is 2.09. The summed E-state index contributed by atoms with van der Waals surface area (Å²) in [6.07, 6.45) is 3.24. The molecule has 1 aromatic carbocycles. The van der Waals surface area contributed by atoms with Crippen molar-refractivity contribution in [3.63, 3.8) is 0 Å². The van der Waals surface area contributed by atoms with E-state index in [0.29, 0.717) is 24.9 Å². The Kier molecular flexibility index (Phi) is 4.13. The lowest BCUT2D eigenvalue weighted by Gasteiger charge is -2.05. The number of anilines is 1. The van der Waals surface area contributed by atoms with Gasteiger partial charge < -0.3 is 9.84 Å². The minimum atomic E-state index is 0.255. The first-order valence-corrected chi connectivity index (χ1v) is 7.18. The normalized spacial score (nSPS) is 11.0. The number of nitrogens with one attached hydrogen (secondary N) is 1. The topological polar surface area (TPSA) is 81.7 Å². The summed E-state index contributed by atoms with van der Waals surface area (Å²) in [5.41, 5.74) is 2.31. The molecule has 1 N–H and O–H groups in total. The maximum absolute atomic E-state index is 5.17. The molecule has 0 bridgehead atoms. The van der Waals surface area contributed by atoms with Crippen LogP contribution in [0.15, 0.2) is 41.4 Å². The van der Waals surface area contributed by atoms with Gasteiger partial charge >= 0.3 is 6.01 Å². The van der Waals surface area contributed by atoms with Gasteiger partial charge in [-0.2, -0.15) is 10.1 Å². The summed E-state index contributed by atoms with van der Waals surface area (Å²) in [5, 5.41) is 11.2. The summed E-state index contributed by atoms with van der Waals surface area (Å²) >= 11 is 0. The smallest absolute Gasteiger partial charge is 0.321 e. The lowest BCUT2D eigenvalue weighted by molar-refractivity contribution is 0.419. The van der Waals surface area contributed by atoms with Gasteiger partial charge in [0.05, 0.1) is 6.54 Å². The molecule has 0 radical (unpaired) electrons. The molecule has 3 rings (SSSR count). The Labute approximate surface area is 128 Å². The largest absolute Gasteiger partial charge is 0.334 e. The number of aromatic nitrogens is 5. The summed E-state index contributed by atoms with van der Waals surface area (Å²) in [4.78, 5) is 8.24. The van der Waals surface area contributed by atoms with E-state index in [1.54, 1.807) is 11.0 Å². The van der Waals surface area contributed by atoms with Crippen LogP contribution in [0.2, 0.25) is 0 Å². The molecule has 7 heteroatoms. The molecule has 2 aromatic heterocycles. The van der Waals surface area contributed by atoms with Gasteiger partial charge in [-0.1, -0.05) is 43.3 Å².